The predicted molar refractivity (Wildman–Crippen MR) is 105 cm³/mol. The van der Waals surface area contributed by atoms with Crippen LogP contribution in [0.3, 0.4) is 0 Å². The molecule has 0 amide bonds. The van der Waals surface area contributed by atoms with Crippen molar-refractivity contribution in [3.8, 4) is 0 Å². The van der Waals surface area contributed by atoms with Crippen molar-refractivity contribution in [3.05, 3.63) is 95.1 Å². The van der Waals surface area contributed by atoms with Crippen LogP contribution in [0.25, 0.3) is 21.5 Å². The summed E-state index contributed by atoms with van der Waals surface area (Å²) < 4.78 is 0. The standard InChI is InChI=1S/2C12H8O4.Th/c2*13-11(14)9-5-1-3-7-8(9)4-2-6-10(7)12(15)16;/h2*1-6H,(H,13,14)(H,15,16);/q;;+4/p-4. The summed E-state index contributed by atoms with van der Waals surface area (Å²) in [6.07, 6.45) is 0. The van der Waals surface area contributed by atoms with Crippen molar-refractivity contribution in [3.63, 3.8) is 0 Å². The molecule has 0 saturated carbocycles. The van der Waals surface area contributed by atoms with Crippen LogP contribution in [0, 0.1) is 39.9 Å². The van der Waals surface area contributed by atoms with Gasteiger partial charge in [-0.05, 0) is 21.5 Å². The summed E-state index contributed by atoms with van der Waals surface area (Å²) in [6, 6.07) is 17.5. The van der Waals surface area contributed by atoms with E-state index in [0.717, 1.165) is 0 Å². The summed E-state index contributed by atoms with van der Waals surface area (Å²) in [5.74, 6) is -5.33. The van der Waals surface area contributed by atoms with Gasteiger partial charge in [-0.1, -0.05) is 72.8 Å². The van der Waals surface area contributed by atoms with E-state index in [1.807, 2.05) is 0 Å². The molecule has 0 unspecified atom stereocenters. The molecule has 4 rings (SSSR count). The first kappa shape index (κ1) is 25.9. The number of carboxylic acids is 4. The van der Waals surface area contributed by atoms with E-state index in [9.17, 15) is 39.6 Å². The summed E-state index contributed by atoms with van der Waals surface area (Å²) in [4.78, 5) is 43.3. The topological polar surface area (TPSA) is 161 Å². The number of carboxylic acid groups (broad SMARTS) is 4. The molecule has 0 saturated heterocycles. The number of fused-ring (bicyclic) bond motifs is 2. The van der Waals surface area contributed by atoms with Crippen molar-refractivity contribution >= 4 is 45.4 Å². The molecule has 0 radical (unpaired) electrons. The molecule has 4 aromatic carbocycles. The van der Waals surface area contributed by atoms with Crippen LogP contribution < -0.4 is 20.4 Å². The van der Waals surface area contributed by atoms with Crippen molar-refractivity contribution in [2.24, 2.45) is 0 Å². The molecule has 33 heavy (non-hydrogen) atoms. The summed E-state index contributed by atoms with van der Waals surface area (Å²) in [5.41, 5.74) is -0.109. The van der Waals surface area contributed by atoms with Crippen molar-refractivity contribution in [2.75, 3.05) is 0 Å². The molecule has 0 aliphatic heterocycles. The van der Waals surface area contributed by atoms with Gasteiger partial charge in [-0.3, -0.25) is 0 Å². The normalized spacial score (nSPS) is 9.94. The molecule has 0 aromatic heterocycles. The quantitative estimate of drug-likeness (QED) is 0.273. The molecule has 9 heteroatoms. The van der Waals surface area contributed by atoms with E-state index in [-0.39, 0.29) is 62.2 Å². The molecule has 8 nitrogen and oxygen atoms in total. The van der Waals surface area contributed by atoms with Crippen LogP contribution in [0.5, 0.6) is 0 Å². The fourth-order valence-corrected chi connectivity index (χ4v) is 3.33. The zero-order valence-corrected chi connectivity index (χ0v) is 20.8. The van der Waals surface area contributed by atoms with E-state index in [4.69, 9.17) is 0 Å². The maximum Gasteiger partial charge on any atom is 4.00 e. The minimum atomic E-state index is -1.33. The Labute approximate surface area is 218 Å². The van der Waals surface area contributed by atoms with E-state index in [0.29, 0.717) is 21.5 Å². The van der Waals surface area contributed by atoms with Gasteiger partial charge in [-0.25, -0.2) is 0 Å². The molecule has 4 aromatic rings. The van der Waals surface area contributed by atoms with Crippen LogP contribution >= 0.6 is 0 Å². The van der Waals surface area contributed by atoms with Crippen LogP contribution in [-0.2, 0) is 0 Å². The fourth-order valence-electron chi connectivity index (χ4n) is 3.33. The fraction of sp³-hybridized carbons (Fsp3) is 0. The molecule has 0 N–H and O–H groups in total. The minimum absolute atomic E-state index is 0. The summed E-state index contributed by atoms with van der Waals surface area (Å²) in [5, 5.41) is 44.6. The molecular formula is C24H12O8Th. The monoisotopic (exact) mass is 660 g/mol. The van der Waals surface area contributed by atoms with Crippen LogP contribution in [0.1, 0.15) is 41.4 Å². The average Bonchev–Trinajstić information content (AvgIpc) is 2.77. The number of hydrogen-bond donors (Lipinski definition) is 0. The van der Waals surface area contributed by atoms with Gasteiger partial charge >= 0.3 is 39.9 Å². The first-order valence-electron chi connectivity index (χ1n) is 9.11. The van der Waals surface area contributed by atoms with Gasteiger partial charge in [-0.15, -0.1) is 0 Å². The van der Waals surface area contributed by atoms with Gasteiger partial charge in [0.05, 0.1) is 23.9 Å². The van der Waals surface area contributed by atoms with Crippen LogP contribution in [0.4, 0.5) is 0 Å². The predicted octanol–water partition coefficient (Wildman–Crippen LogP) is -0.866. The van der Waals surface area contributed by atoms with E-state index in [2.05, 4.69) is 0 Å². The molecule has 0 spiro atoms. The van der Waals surface area contributed by atoms with Gasteiger partial charge in [0.15, 0.2) is 0 Å². The number of carbonyl (C=O) groups excluding carboxylic acids is 4. The Bertz CT molecular complexity index is 1180. The molecule has 0 atom stereocenters. The number of carbonyl (C=O) groups is 4. The van der Waals surface area contributed by atoms with Gasteiger partial charge < -0.3 is 39.6 Å². The van der Waals surface area contributed by atoms with E-state index >= 15 is 0 Å². The van der Waals surface area contributed by atoms with Gasteiger partial charge in [0.25, 0.3) is 0 Å². The average molecular weight is 660 g/mol. The van der Waals surface area contributed by atoms with Crippen molar-refractivity contribution < 1.29 is 79.5 Å². The number of aromatic carboxylic acids is 4. The maximum atomic E-state index is 10.8. The van der Waals surface area contributed by atoms with Crippen LogP contribution in [-0.4, -0.2) is 23.9 Å². The van der Waals surface area contributed by atoms with Gasteiger partial charge in [0, 0.05) is 22.3 Å². The summed E-state index contributed by atoms with van der Waals surface area (Å²) in [7, 11) is 0. The summed E-state index contributed by atoms with van der Waals surface area (Å²) >= 11 is 0. The van der Waals surface area contributed by atoms with E-state index < -0.39 is 23.9 Å². The Balaban J connectivity index is 0.000000227. The van der Waals surface area contributed by atoms with Crippen molar-refractivity contribution in [1.29, 1.82) is 0 Å². The maximum absolute atomic E-state index is 10.8. The third-order valence-electron chi connectivity index (χ3n) is 4.72. The van der Waals surface area contributed by atoms with Gasteiger partial charge in [0.2, 0.25) is 0 Å². The largest absolute Gasteiger partial charge is 4.00 e. The Hall–Kier alpha value is -3.40. The molecule has 0 aliphatic rings. The van der Waals surface area contributed by atoms with Gasteiger partial charge in [0.1, 0.15) is 0 Å². The first-order chi connectivity index (χ1) is 15.2. The van der Waals surface area contributed by atoms with E-state index in [1.54, 1.807) is 0 Å². The molecule has 0 bridgehead atoms. The molecule has 0 fully saturated rings. The second-order valence-corrected chi connectivity index (χ2v) is 6.56. The van der Waals surface area contributed by atoms with E-state index in [1.165, 1.54) is 72.8 Å². The van der Waals surface area contributed by atoms with Crippen molar-refractivity contribution in [1.82, 2.24) is 0 Å². The summed E-state index contributed by atoms with van der Waals surface area (Å²) in [6.45, 7) is 0. The first-order valence-corrected chi connectivity index (χ1v) is 9.11. The third kappa shape index (κ3) is 5.51. The second kappa shape index (κ2) is 11.0. The SMILES string of the molecule is O=C([O-])c1cccc2c(C(=O)[O-])cccc12.O=C([O-])c1cccc2c(C(=O)[O-])cccc12.[Th+4]. The number of benzene rings is 4. The Kier molecular flexibility index (Phi) is 8.59. The molecule has 0 heterocycles. The smallest absolute Gasteiger partial charge is 0.545 e. The Morgan fingerprint density at radius 2 is 0.576 bits per heavy atom. The number of rotatable bonds is 4. The Morgan fingerprint density at radius 1 is 0.394 bits per heavy atom. The van der Waals surface area contributed by atoms with Crippen LogP contribution in [0.2, 0.25) is 0 Å². The van der Waals surface area contributed by atoms with Crippen LogP contribution in [0.15, 0.2) is 72.8 Å². The van der Waals surface area contributed by atoms with Gasteiger partial charge in [-0.2, -0.15) is 0 Å². The molecule has 0 aliphatic carbocycles. The van der Waals surface area contributed by atoms with Crippen molar-refractivity contribution in [2.45, 2.75) is 0 Å². The zero-order chi connectivity index (χ0) is 23.4. The third-order valence-corrected chi connectivity index (χ3v) is 4.72. The number of hydrogen-bond acceptors (Lipinski definition) is 8. The Morgan fingerprint density at radius 3 is 0.727 bits per heavy atom. The zero-order valence-electron chi connectivity index (χ0n) is 16.7. The minimum Gasteiger partial charge on any atom is -0.545 e. The molecule has 160 valence electrons. The second-order valence-electron chi connectivity index (χ2n) is 6.56. The molecular weight excluding hydrogens is 648 g/mol.